The van der Waals surface area contributed by atoms with Crippen LogP contribution in [0.5, 0.6) is 0 Å². The monoisotopic (exact) mass is 209 g/mol. The summed E-state index contributed by atoms with van der Waals surface area (Å²) in [6.45, 7) is -0.00680. The summed E-state index contributed by atoms with van der Waals surface area (Å²) in [6, 6.07) is 3.56. The zero-order valence-corrected chi connectivity index (χ0v) is 8.02. The van der Waals surface area contributed by atoms with Crippen LogP contribution in [0.2, 0.25) is 5.02 Å². The normalized spacial score (nSPS) is 10.4. The smallest absolute Gasteiger partial charge is 0.153 e. The van der Waals surface area contributed by atoms with Crippen molar-refractivity contribution in [3.8, 4) is 5.82 Å². The van der Waals surface area contributed by atoms with Gasteiger partial charge in [-0.1, -0.05) is 17.7 Å². The van der Waals surface area contributed by atoms with Crippen molar-refractivity contribution in [1.29, 1.82) is 0 Å². The topological polar surface area (TPSA) is 50.9 Å². The molecule has 0 aliphatic rings. The molecular formula is C9H8ClN3O. The van der Waals surface area contributed by atoms with Crippen LogP contribution < -0.4 is 0 Å². The van der Waals surface area contributed by atoms with Crippen LogP contribution in [-0.4, -0.2) is 19.9 Å². The molecule has 0 aromatic carbocycles. The van der Waals surface area contributed by atoms with E-state index in [2.05, 4.69) is 10.1 Å². The van der Waals surface area contributed by atoms with E-state index in [0.717, 1.165) is 5.56 Å². The average Bonchev–Trinajstić information content (AvgIpc) is 2.65. The van der Waals surface area contributed by atoms with Gasteiger partial charge in [-0.3, -0.25) is 0 Å². The van der Waals surface area contributed by atoms with Gasteiger partial charge in [0.25, 0.3) is 0 Å². The van der Waals surface area contributed by atoms with Crippen LogP contribution in [0.1, 0.15) is 5.56 Å². The molecule has 1 N–H and O–H groups in total. The second-order valence-corrected chi connectivity index (χ2v) is 3.22. The summed E-state index contributed by atoms with van der Waals surface area (Å²) in [5.74, 6) is 0.675. The summed E-state index contributed by atoms with van der Waals surface area (Å²) in [6.07, 6.45) is 4.82. The summed E-state index contributed by atoms with van der Waals surface area (Å²) in [4.78, 5) is 4.11. The lowest BCUT2D eigenvalue weighted by molar-refractivity contribution is 0.281. The molecule has 5 heteroatoms. The highest BCUT2D eigenvalue weighted by Crippen LogP contribution is 2.10. The molecule has 2 aromatic heterocycles. The van der Waals surface area contributed by atoms with Gasteiger partial charge in [-0.25, -0.2) is 9.67 Å². The van der Waals surface area contributed by atoms with Crippen LogP contribution in [0.25, 0.3) is 5.82 Å². The van der Waals surface area contributed by atoms with E-state index in [1.807, 2.05) is 0 Å². The fraction of sp³-hybridized carbons (Fsp3) is 0.111. The van der Waals surface area contributed by atoms with E-state index >= 15 is 0 Å². The molecule has 2 aromatic rings. The van der Waals surface area contributed by atoms with Gasteiger partial charge in [0.1, 0.15) is 0 Å². The Labute approximate surface area is 85.8 Å². The standard InChI is InChI=1S/C9H8ClN3O/c10-8-4-12-13(5-8)9-2-1-7(6-14)3-11-9/h1-5,14H,6H2. The second kappa shape index (κ2) is 3.77. The first-order valence-corrected chi connectivity index (χ1v) is 4.44. The van der Waals surface area contributed by atoms with Crippen molar-refractivity contribution < 1.29 is 5.11 Å². The van der Waals surface area contributed by atoms with Crippen molar-refractivity contribution in [3.05, 3.63) is 41.3 Å². The first kappa shape index (κ1) is 9.18. The van der Waals surface area contributed by atoms with Gasteiger partial charge in [-0.15, -0.1) is 0 Å². The Kier molecular flexibility index (Phi) is 2.47. The first-order chi connectivity index (χ1) is 6.79. The van der Waals surface area contributed by atoms with Gasteiger partial charge in [-0.2, -0.15) is 5.10 Å². The number of aliphatic hydroxyl groups excluding tert-OH is 1. The van der Waals surface area contributed by atoms with Gasteiger partial charge in [0, 0.05) is 6.20 Å². The van der Waals surface area contributed by atoms with E-state index in [-0.39, 0.29) is 6.61 Å². The maximum absolute atomic E-state index is 8.82. The molecule has 0 saturated carbocycles. The third kappa shape index (κ3) is 1.76. The number of aliphatic hydroxyl groups is 1. The SMILES string of the molecule is OCc1ccc(-n2cc(Cl)cn2)nc1. The number of aromatic nitrogens is 3. The zero-order chi connectivity index (χ0) is 9.97. The van der Waals surface area contributed by atoms with Gasteiger partial charge >= 0.3 is 0 Å². The van der Waals surface area contributed by atoms with Crippen molar-refractivity contribution in [1.82, 2.24) is 14.8 Å². The minimum atomic E-state index is -0.00680. The molecule has 0 unspecified atom stereocenters. The summed E-state index contributed by atoms with van der Waals surface area (Å²) >= 11 is 5.72. The molecule has 4 nitrogen and oxygen atoms in total. The Balaban J connectivity index is 2.33. The van der Waals surface area contributed by atoms with Crippen molar-refractivity contribution >= 4 is 11.6 Å². The molecule has 0 saturated heterocycles. The van der Waals surface area contributed by atoms with Crippen molar-refractivity contribution in [2.75, 3.05) is 0 Å². The second-order valence-electron chi connectivity index (χ2n) is 2.79. The minimum absolute atomic E-state index is 0.00680. The van der Waals surface area contributed by atoms with E-state index < -0.39 is 0 Å². The molecule has 72 valence electrons. The Hall–Kier alpha value is -1.39. The van der Waals surface area contributed by atoms with Crippen molar-refractivity contribution in [2.24, 2.45) is 0 Å². The highest BCUT2D eigenvalue weighted by atomic mass is 35.5. The Morgan fingerprint density at radius 1 is 1.36 bits per heavy atom. The first-order valence-electron chi connectivity index (χ1n) is 4.06. The van der Waals surface area contributed by atoms with Crippen LogP contribution >= 0.6 is 11.6 Å². The molecule has 0 radical (unpaired) electrons. The largest absolute Gasteiger partial charge is 0.392 e. The van der Waals surface area contributed by atoms with E-state index in [9.17, 15) is 0 Å². The van der Waals surface area contributed by atoms with Crippen LogP contribution in [-0.2, 0) is 6.61 Å². The summed E-state index contributed by atoms with van der Waals surface area (Å²) in [5, 5.41) is 13.4. The van der Waals surface area contributed by atoms with E-state index in [0.29, 0.717) is 10.8 Å². The van der Waals surface area contributed by atoms with Gasteiger partial charge < -0.3 is 5.11 Å². The maximum Gasteiger partial charge on any atom is 0.153 e. The van der Waals surface area contributed by atoms with Gasteiger partial charge in [0.2, 0.25) is 0 Å². The number of hydrogen-bond acceptors (Lipinski definition) is 3. The summed E-state index contributed by atoms with van der Waals surface area (Å²) < 4.78 is 1.57. The van der Waals surface area contributed by atoms with Crippen LogP contribution in [0.4, 0.5) is 0 Å². The fourth-order valence-corrected chi connectivity index (χ4v) is 1.21. The maximum atomic E-state index is 8.82. The Morgan fingerprint density at radius 2 is 2.21 bits per heavy atom. The lowest BCUT2D eigenvalue weighted by Gasteiger charge is -2.00. The van der Waals surface area contributed by atoms with Crippen LogP contribution in [0, 0.1) is 0 Å². The molecule has 0 spiro atoms. The number of rotatable bonds is 2. The average molecular weight is 210 g/mol. The number of hydrogen-bond donors (Lipinski definition) is 1. The highest BCUT2D eigenvalue weighted by molar-refractivity contribution is 6.30. The number of nitrogens with zero attached hydrogens (tertiary/aromatic N) is 3. The number of halogens is 1. The molecular weight excluding hydrogens is 202 g/mol. The lowest BCUT2D eigenvalue weighted by Crippen LogP contribution is -1.98. The van der Waals surface area contributed by atoms with Crippen LogP contribution in [0.15, 0.2) is 30.7 Å². The third-order valence-electron chi connectivity index (χ3n) is 1.78. The van der Waals surface area contributed by atoms with E-state index in [1.54, 1.807) is 35.4 Å². The minimum Gasteiger partial charge on any atom is -0.392 e. The molecule has 0 aliphatic heterocycles. The van der Waals surface area contributed by atoms with E-state index in [4.69, 9.17) is 16.7 Å². The Morgan fingerprint density at radius 3 is 2.71 bits per heavy atom. The lowest BCUT2D eigenvalue weighted by atomic mass is 10.3. The predicted molar refractivity (Wildman–Crippen MR) is 52.3 cm³/mol. The van der Waals surface area contributed by atoms with Crippen LogP contribution in [0.3, 0.4) is 0 Å². The summed E-state index contributed by atoms with van der Waals surface area (Å²) in [7, 11) is 0. The predicted octanol–water partition coefficient (Wildman–Crippen LogP) is 1.41. The molecule has 2 rings (SSSR count). The molecule has 0 atom stereocenters. The molecule has 14 heavy (non-hydrogen) atoms. The van der Waals surface area contributed by atoms with Crippen molar-refractivity contribution in [2.45, 2.75) is 6.61 Å². The molecule has 0 amide bonds. The van der Waals surface area contributed by atoms with Gasteiger partial charge in [-0.05, 0) is 11.6 Å². The molecule has 0 bridgehead atoms. The third-order valence-corrected chi connectivity index (χ3v) is 1.97. The highest BCUT2D eigenvalue weighted by Gasteiger charge is 1.99. The molecule has 0 aliphatic carbocycles. The van der Waals surface area contributed by atoms with Gasteiger partial charge in [0.05, 0.1) is 24.0 Å². The zero-order valence-electron chi connectivity index (χ0n) is 7.26. The number of pyridine rings is 1. The van der Waals surface area contributed by atoms with E-state index in [1.165, 1.54) is 0 Å². The summed E-state index contributed by atoms with van der Waals surface area (Å²) in [5.41, 5.74) is 0.770. The van der Waals surface area contributed by atoms with Gasteiger partial charge in [0.15, 0.2) is 5.82 Å². The molecule has 0 fully saturated rings. The quantitative estimate of drug-likeness (QED) is 0.814. The van der Waals surface area contributed by atoms with Crippen molar-refractivity contribution in [3.63, 3.8) is 0 Å². The molecule has 2 heterocycles. The Bertz CT molecular complexity index is 424. The fourth-order valence-electron chi connectivity index (χ4n) is 1.07.